The zero-order valence-electron chi connectivity index (χ0n) is 25.0. The molecule has 0 bridgehead atoms. The lowest BCUT2D eigenvalue weighted by molar-refractivity contribution is -0.101. The molecule has 9 unspecified atom stereocenters. The number of allylic oxidation sites excluding steroid dienone is 1. The Balaban J connectivity index is 0.000000594. The molecule has 5 fully saturated rings. The summed E-state index contributed by atoms with van der Waals surface area (Å²) in [6.45, 7) is 15.7. The third-order valence-corrected chi connectivity index (χ3v) is 12.4. The van der Waals surface area contributed by atoms with Crippen LogP contribution in [-0.2, 0) is 4.74 Å². The van der Waals surface area contributed by atoms with Crippen molar-refractivity contribution in [2.24, 2.45) is 39.6 Å². The maximum atomic E-state index is 7.07. The quantitative estimate of drug-likeness (QED) is 0.257. The summed E-state index contributed by atoms with van der Waals surface area (Å²) in [7, 11) is 2.35. The molecule has 2 saturated heterocycles. The number of likely N-dealkylation sites (tertiary alicyclic amines) is 1. The number of fused-ring (bicyclic) bond motifs is 6. The summed E-state index contributed by atoms with van der Waals surface area (Å²) < 4.78 is 7.07. The minimum atomic E-state index is 0. The molecule has 0 aromatic carbocycles. The molecule has 210 valence electrons. The van der Waals surface area contributed by atoms with Crippen molar-refractivity contribution in [1.29, 1.82) is 0 Å². The molecule has 2 aliphatic heterocycles. The first-order chi connectivity index (χ1) is 17.2. The maximum Gasteiger partial charge on any atom is 0.0765 e. The van der Waals surface area contributed by atoms with Crippen molar-refractivity contribution in [3.05, 3.63) is 11.1 Å². The van der Waals surface area contributed by atoms with Gasteiger partial charge in [0.05, 0.1) is 11.7 Å². The van der Waals surface area contributed by atoms with Crippen molar-refractivity contribution < 1.29 is 6.16 Å². The number of nitrogens with two attached hydrogens (primary N) is 1. The Morgan fingerprint density at radius 2 is 1.72 bits per heavy atom. The summed E-state index contributed by atoms with van der Waals surface area (Å²) in [5.41, 5.74) is 4.95. The standard InChI is InChI=1S/C29H47NO.C2H6.CH5NS.H2/c1-19-18-29(20(2)26-25(31-29)9-8-16-30(26)5)15-11-21-22-10-14-27(3)12-6-7-13-28(27,4)24(22)17-23(19)21;1-2;1-3-2;/h20-22,24-26H,6-18H2,1-5H3;1-2H3;2H2,1H3;1H. The molecular formula is C32H60N2OS. The van der Waals surface area contributed by atoms with Gasteiger partial charge in [-0.25, -0.2) is 0 Å². The van der Waals surface area contributed by atoms with Gasteiger partial charge in [-0.1, -0.05) is 70.6 Å². The van der Waals surface area contributed by atoms with E-state index in [1.54, 1.807) is 5.57 Å². The Kier molecular flexibility index (Phi) is 9.03. The summed E-state index contributed by atoms with van der Waals surface area (Å²) >= 11 is 1.25. The van der Waals surface area contributed by atoms with Gasteiger partial charge in [0.25, 0.3) is 0 Å². The van der Waals surface area contributed by atoms with E-state index >= 15 is 0 Å². The van der Waals surface area contributed by atoms with Gasteiger partial charge in [-0.3, -0.25) is 5.14 Å². The lowest BCUT2D eigenvalue weighted by Crippen LogP contribution is -2.51. The average Bonchev–Trinajstić information content (AvgIpc) is 3.32. The average molecular weight is 521 g/mol. The monoisotopic (exact) mass is 520 g/mol. The lowest BCUT2D eigenvalue weighted by atomic mass is 9.46. The number of hydrogen-bond acceptors (Lipinski definition) is 4. The van der Waals surface area contributed by atoms with Gasteiger partial charge in [-0.15, -0.1) is 0 Å². The molecule has 3 nitrogen and oxygen atoms in total. The minimum absolute atomic E-state index is 0. The van der Waals surface area contributed by atoms with Crippen LogP contribution in [0.15, 0.2) is 11.1 Å². The number of ether oxygens (including phenoxy) is 1. The van der Waals surface area contributed by atoms with Crippen LogP contribution in [0.5, 0.6) is 0 Å². The van der Waals surface area contributed by atoms with E-state index < -0.39 is 0 Å². The molecule has 4 aliphatic carbocycles. The van der Waals surface area contributed by atoms with Crippen LogP contribution < -0.4 is 5.14 Å². The van der Waals surface area contributed by atoms with Crippen LogP contribution in [-0.4, -0.2) is 42.5 Å². The van der Waals surface area contributed by atoms with Gasteiger partial charge in [-0.2, -0.15) is 0 Å². The summed E-state index contributed by atoms with van der Waals surface area (Å²) in [6, 6.07) is 0.647. The number of nitrogens with zero attached hydrogens (tertiary/aromatic N) is 1. The highest BCUT2D eigenvalue weighted by molar-refractivity contribution is 7.96. The van der Waals surface area contributed by atoms with Crippen LogP contribution in [0.1, 0.15) is 120 Å². The first kappa shape index (κ1) is 29.0. The SMILES string of the molecule is CC.CC1=C2CC3C(CCC4(C)CCCCC34C)C2CCC2(C1)OC1CCCN(C)C1C2C.CSN.[HH]. The lowest BCUT2D eigenvalue weighted by Gasteiger charge is -2.59. The summed E-state index contributed by atoms with van der Waals surface area (Å²) in [5.74, 6) is 3.44. The highest BCUT2D eigenvalue weighted by atomic mass is 32.2. The first-order valence-electron chi connectivity index (χ1n) is 15.5. The maximum absolute atomic E-state index is 7.07. The van der Waals surface area contributed by atoms with E-state index in [9.17, 15) is 0 Å². The zero-order valence-corrected chi connectivity index (χ0v) is 25.8. The number of rotatable bonds is 0. The van der Waals surface area contributed by atoms with Gasteiger partial charge in [0, 0.05) is 13.4 Å². The van der Waals surface area contributed by atoms with Gasteiger partial charge in [-0.05, 0) is 120 Å². The van der Waals surface area contributed by atoms with E-state index in [0.29, 0.717) is 28.9 Å². The fraction of sp³-hybridized carbons (Fsp3) is 0.938. The molecule has 0 amide bonds. The Morgan fingerprint density at radius 3 is 2.42 bits per heavy atom. The normalized spacial score (nSPS) is 47.9. The molecule has 6 aliphatic rings. The van der Waals surface area contributed by atoms with Crippen molar-refractivity contribution in [3.8, 4) is 0 Å². The van der Waals surface area contributed by atoms with Crippen LogP contribution in [0.25, 0.3) is 0 Å². The van der Waals surface area contributed by atoms with Crippen molar-refractivity contribution in [2.75, 3.05) is 19.8 Å². The second-order valence-corrected chi connectivity index (χ2v) is 14.2. The molecule has 4 heteroatoms. The molecule has 6 rings (SSSR count). The zero-order chi connectivity index (χ0) is 26.3. The Labute approximate surface area is 229 Å². The largest absolute Gasteiger partial charge is 0.369 e. The molecule has 1 spiro atoms. The van der Waals surface area contributed by atoms with Crippen LogP contribution in [0, 0.1) is 34.5 Å². The van der Waals surface area contributed by atoms with E-state index in [1.165, 1.54) is 95.5 Å². The smallest absolute Gasteiger partial charge is 0.0765 e. The molecule has 2 N–H and O–H groups in total. The van der Waals surface area contributed by atoms with Gasteiger partial charge in [0.1, 0.15) is 0 Å². The molecule has 0 aromatic heterocycles. The van der Waals surface area contributed by atoms with Crippen LogP contribution in [0.3, 0.4) is 0 Å². The molecule has 0 radical (unpaired) electrons. The minimum Gasteiger partial charge on any atom is -0.369 e. The van der Waals surface area contributed by atoms with Gasteiger partial charge in [0.2, 0.25) is 0 Å². The Bertz CT molecular complexity index is 806. The second kappa shape index (κ2) is 11.2. The van der Waals surface area contributed by atoms with E-state index in [4.69, 9.17) is 9.88 Å². The molecule has 3 saturated carbocycles. The van der Waals surface area contributed by atoms with Gasteiger partial charge in [0.15, 0.2) is 0 Å². The van der Waals surface area contributed by atoms with Crippen molar-refractivity contribution in [1.82, 2.24) is 4.90 Å². The topological polar surface area (TPSA) is 38.5 Å². The van der Waals surface area contributed by atoms with E-state index in [0.717, 1.165) is 17.8 Å². The van der Waals surface area contributed by atoms with E-state index in [2.05, 4.69) is 39.6 Å². The van der Waals surface area contributed by atoms with Crippen molar-refractivity contribution in [2.45, 2.75) is 136 Å². The summed E-state index contributed by atoms with van der Waals surface area (Å²) in [5, 5.41) is 4.76. The van der Waals surface area contributed by atoms with Gasteiger partial charge >= 0.3 is 0 Å². The van der Waals surface area contributed by atoms with E-state index in [-0.39, 0.29) is 7.03 Å². The first-order valence-corrected chi connectivity index (χ1v) is 16.8. The molecule has 0 aromatic rings. The van der Waals surface area contributed by atoms with E-state index in [1.807, 2.05) is 25.7 Å². The predicted octanol–water partition coefficient (Wildman–Crippen LogP) is 8.48. The predicted molar refractivity (Wildman–Crippen MR) is 159 cm³/mol. The van der Waals surface area contributed by atoms with Crippen LogP contribution in [0.2, 0.25) is 0 Å². The fourth-order valence-electron chi connectivity index (χ4n) is 10.4. The number of hydrogen-bond donors (Lipinski definition) is 1. The highest BCUT2D eigenvalue weighted by Crippen LogP contribution is 2.69. The Hall–Kier alpha value is -0.0300. The third kappa shape index (κ3) is 4.56. The second-order valence-electron chi connectivity index (χ2n) is 13.7. The van der Waals surface area contributed by atoms with Crippen molar-refractivity contribution >= 4 is 11.9 Å². The molecule has 36 heavy (non-hydrogen) atoms. The summed E-state index contributed by atoms with van der Waals surface area (Å²) in [6.07, 6.45) is 19.1. The Morgan fingerprint density at radius 1 is 1.03 bits per heavy atom. The molecule has 2 heterocycles. The number of piperidine rings is 1. The van der Waals surface area contributed by atoms with Gasteiger partial charge < -0.3 is 9.64 Å². The third-order valence-electron chi connectivity index (χ3n) is 12.4. The summed E-state index contributed by atoms with van der Waals surface area (Å²) in [4.78, 5) is 2.63. The molecule has 9 atom stereocenters. The van der Waals surface area contributed by atoms with Crippen LogP contribution in [0.4, 0.5) is 0 Å². The molecular weight excluding hydrogens is 460 g/mol. The van der Waals surface area contributed by atoms with Crippen molar-refractivity contribution in [3.63, 3.8) is 0 Å². The number of likely N-dealkylation sites (N-methyl/N-ethyl adjacent to an activating group) is 1. The highest BCUT2D eigenvalue weighted by Gasteiger charge is 2.61. The fourth-order valence-corrected chi connectivity index (χ4v) is 10.4. The van der Waals surface area contributed by atoms with Crippen LogP contribution >= 0.6 is 11.9 Å².